The summed E-state index contributed by atoms with van der Waals surface area (Å²) in [5.74, 6) is -0.898. The topological polar surface area (TPSA) is 43.1 Å². The van der Waals surface area contributed by atoms with Crippen LogP contribution in [0.4, 0.5) is 13.2 Å². The van der Waals surface area contributed by atoms with Crippen LogP contribution < -0.4 is 0 Å². The molecular weight excluding hydrogens is 397 g/mol. The summed E-state index contributed by atoms with van der Waals surface area (Å²) < 4.78 is 38.8. The van der Waals surface area contributed by atoms with E-state index in [9.17, 15) is 13.2 Å². The normalized spacial score (nSPS) is 11.0. The van der Waals surface area contributed by atoms with Crippen LogP contribution >= 0.6 is 11.8 Å². The van der Waals surface area contributed by atoms with Gasteiger partial charge in [-0.1, -0.05) is 66.4 Å². The molecule has 0 amide bonds. The third-order valence-corrected chi connectivity index (χ3v) is 5.11. The monoisotopic (exact) mass is 412 g/mol. The van der Waals surface area contributed by atoms with Gasteiger partial charge in [-0.25, -0.2) is 9.37 Å². The second-order valence-electron chi connectivity index (χ2n) is 6.14. The molecule has 0 saturated carbocycles. The molecule has 4 nitrogen and oxygen atoms in total. The summed E-state index contributed by atoms with van der Waals surface area (Å²) in [6, 6.07) is 19.9. The number of rotatable bonds is 6. The number of benzene rings is 2. The van der Waals surface area contributed by atoms with Crippen molar-refractivity contribution in [2.75, 3.05) is 5.75 Å². The largest absolute Gasteiger partial charge is 0.301 e. The Morgan fingerprint density at radius 1 is 0.862 bits per heavy atom. The van der Waals surface area contributed by atoms with E-state index >= 15 is 0 Å². The summed E-state index contributed by atoms with van der Waals surface area (Å²) in [5, 5.41) is 4.75. The minimum Gasteiger partial charge on any atom is -0.220 e. The Balaban J connectivity index is 1.58. The van der Waals surface area contributed by atoms with Crippen LogP contribution in [0.5, 0.6) is 0 Å². The zero-order valence-corrected chi connectivity index (χ0v) is 15.9. The summed E-state index contributed by atoms with van der Waals surface area (Å²) in [7, 11) is 0. The highest BCUT2D eigenvalue weighted by Gasteiger charge is 2.12. The predicted octanol–water partition coefficient (Wildman–Crippen LogP) is 6.02. The van der Waals surface area contributed by atoms with Crippen molar-refractivity contribution < 1.29 is 13.2 Å². The highest BCUT2D eigenvalue weighted by atomic mass is 32.2. The van der Waals surface area contributed by atoms with Gasteiger partial charge in [0.25, 0.3) is 5.78 Å². The number of fused-ring (bicyclic) bond motifs is 1. The summed E-state index contributed by atoms with van der Waals surface area (Å²) in [5.41, 5.74) is 3.97. The summed E-state index contributed by atoms with van der Waals surface area (Å²) in [4.78, 5) is 8.48. The van der Waals surface area contributed by atoms with Crippen molar-refractivity contribution in [2.24, 2.45) is 0 Å². The molecule has 0 aliphatic heterocycles. The van der Waals surface area contributed by atoms with E-state index in [1.165, 1.54) is 0 Å². The van der Waals surface area contributed by atoms with Gasteiger partial charge in [0.05, 0.1) is 5.69 Å². The first-order valence-electron chi connectivity index (χ1n) is 8.82. The molecule has 0 aliphatic carbocycles. The van der Waals surface area contributed by atoms with Crippen molar-refractivity contribution in [3.8, 4) is 22.4 Å². The van der Waals surface area contributed by atoms with E-state index in [0.717, 1.165) is 34.1 Å². The van der Waals surface area contributed by atoms with Crippen LogP contribution in [0.1, 0.15) is 6.42 Å². The second kappa shape index (κ2) is 8.48. The van der Waals surface area contributed by atoms with Gasteiger partial charge in [0.15, 0.2) is 5.83 Å². The van der Waals surface area contributed by atoms with Gasteiger partial charge in [-0.05, 0) is 17.2 Å². The van der Waals surface area contributed by atoms with Crippen molar-refractivity contribution >= 4 is 17.5 Å². The average molecular weight is 412 g/mol. The lowest BCUT2D eigenvalue weighted by molar-refractivity contribution is 0.373. The maximum atomic E-state index is 12.9. The van der Waals surface area contributed by atoms with Crippen molar-refractivity contribution in [3.05, 3.63) is 78.8 Å². The van der Waals surface area contributed by atoms with Crippen molar-refractivity contribution in [2.45, 2.75) is 11.6 Å². The molecule has 0 saturated heterocycles. The minimum absolute atomic E-state index is 0.112. The number of aromatic nitrogens is 4. The van der Waals surface area contributed by atoms with Crippen LogP contribution in [-0.2, 0) is 0 Å². The van der Waals surface area contributed by atoms with E-state index in [1.54, 1.807) is 10.7 Å². The predicted molar refractivity (Wildman–Crippen MR) is 107 cm³/mol. The molecule has 0 unspecified atom stereocenters. The third-order valence-electron chi connectivity index (χ3n) is 4.27. The van der Waals surface area contributed by atoms with Crippen LogP contribution in [0.25, 0.3) is 28.2 Å². The van der Waals surface area contributed by atoms with Gasteiger partial charge < -0.3 is 0 Å². The molecule has 0 spiro atoms. The van der Waals surface area contributed by atoms with E-state index in [4.69, 9.17) is 0 Å². The lowest BCUT2D eigenvalue weighted by atomic mass is 10.0. The molecule has 0 fully saturated rings. The maximum absolute atomic E-state index is 12.9. The Hall–Kier alpha value is -3.13. The number of hydrogen-bond donors (Lipinski definition) is 0. The summed E-state index contributed by atoms with van der Waals surface area (Å²) in [6.45, 7) is 0. The van der Waals surface area contributed by atoms with E-state index in [-0.39, 0.29) is 12.2 Å². The Kier molecular flexibility index (Phi) is 5.62. The molecule has 2 heterocycles. The van der Waals surface area contributed by atoms with Crippen LogP contribution in [0.3, 0.4) is 0 Å². The molecule has 0 aliphatic rings. The molecule has 4 aromatic rings. The van der Waals surface area contributed by atoms with Crippen molar-refractivity contribution in [1.82, 2.24) is 19.6 Å². The number of halogens is 3. The zero-order chi connectivity index (χ0) is 20.2. The van der Waals surface area contributed by atoms with Gasteiger partial charge in [0, 0.05) is 23.9 Å². The van der Waals surface area contributed by atoms with E-state index in [1.807, 2.05) is 60.7 Å². The Morgan fingerprint density at radius 3 is 2.28 bits per heavy atom. The standard InChI is InChI=1S/C21H15F3N4S/c22-17(19(23)24)11-13-29-21-26-20-25-12-10-18(28(20)27-21)16-8-6-15(7-9-16)14-4-2-1-3-5-14/h1-10,12H,11,13H2. The molecule has 4 rings (SSSR count). The van der Waals surface area contributed by atoms with E-state index < -0.39 is 11.9 Å². The second-order valence-corrected chi connectivity index (χ2v) is 7.21. The first-order chi connectivity index (χ1) is 14.1. The Labute approximate surface area is 169 Å². The van der Waals surface area contributed by atoms with Gasteiger partial charge in [-0.3, -0.25) is 0 Å². The van der Waals surface area contributed by atoms with Gasteiger partial charge in [-0.2, -0.15) is 18.3 Å². The molecule has 29 heavy (non-hydrogen) atoms. The first-order valence-corrected chi connectivity index (χ1v) is 9.80. The fourth-order valence-corrected chi connectivity index (χ4v) is 3.60. The molecule has 8 heteroatoms. The van der Waals surface area contributed by atoms with Crippen molar-refractivity contribution in [3.63, 3.8) is 0 Å². The fourth-order valence-electron chi connectivity index (χ4n) is 2.85. The highest BCUT2D eigenvalue weighted by Crippen LogP contribution is 2.26. The fraction of sp³-hybridized carbons (Fsp3) is 0.0952. The number of allylic oxidation sites excluding steroid dienone is 1. The lowest BCUT2D eigenvalue weighted by Crippen LogP contribution is -1.96. The number of nitrogens with zero attached hydrogens (tertiary/aromatic N) is 4. The SMILES string of the molecule is FC(F)=C(F)CCSc1nc2nccc(-c3ccc(-c4ccccc4)cc3)n2n1. The summed E-state index contributed by atoms with van der Waals surface area (Å²) >= 11 is 1.10. The van der Waals surface area contributed by atoms with Gasteiger partial charge in [0.1, 0.15) is 0 Å². The van der Waals surface area contributed by atoms with Gasteiger partial charge >= 0.3 is 6.08 Å². The number of hydrogen-bond acceptors (Lipinski definition) is 4. The Bertz CT molecular complexity index is 1150. The van der Waals surface area contributed by atoms with E-state index in [2.05, 4.69) is 15.1 Å². The van der Waals surface area contributed by atoms with Gasteiger partial charge in [0.2, 0.25) is 5.16 Å². The van der Waals surface area contributed by atoms with Crippen LogP contribution in [0, 0.1) is 0 Å². The molecule has 0 N–H and O–H groups in total. The molecule has 2 aromatic heterocycles. The van der Waals surface area contributed by atoms with Crippen LogP contribution in [0.2, 0.25) is 0 Å². The summed E-state index contributed by atoms with van der Waals surface area (Å²) in [6.07, 6.45) is -1.01. The Morgan fingerprint density at radius 2 is 1.55 bits per heavy atom. The smallest absolute Gasteiger partial charge is 0.220 e. The third kappa shape index (κ3) is 4.32. The first kappa shape index (κ1) is 19.2. The molecule has 2 aromatic carbocycles. The molecule has 146 valence electrons. The zero-order valence-electron chi connectivity index (χ0n) is 15.1. The van der Waals surface area contributed by atoms with Crippen LogP contribution in [0.15, 0.2) is 83.9 Å². The van der Waals surface area contributed by atoms with Crippen molar-refractivity contribution in [1.29, 1.82) is 0 Å². The minimum atomic E-state index is -2.28. The van der Waals surface area contributed by atoms with E-state index in [0.29, 0.717) is 10.9 Å². The highest BCUT2D eigenvalue weighted by molar-refractivity contribution is 7.99. The number of thioether (sulfide) groups is 1. The van der Waals surface area contributed by atoms with Gasteiger partial charge in [-0.15, -0.1) is 5.10 Å². The maximum Gasteiger partial charge on any atom is 0.301 e. The molecule has 0 atom stereocenters. The molecule has 0 radical (unpaired) electrons. The lowest BCUT2D eigenvalue weighted by Gasteiger charge is -2.06. The quantitative estimate of drug-likeness (QED) is 0.363. The van der Waals surface area contributed by atoms with Crippen LogP contribution in [-0.4, -0.2) is 25.3 Å². The molecular formula is C21H15F3N4S. The molecule has 0 bridgehead atoms. The average Bonchev–Trinajstić information content (AvgIpc) is 3.17.